The van der Waals surface area contributed by atoms with Crippen LogP contribution in [0, 0.1) is 5.92 Å². The smallest absolute Gasteiger partial charge is 0.259 e. The highest BCUT2D eigenvalue weighted by atomic mass is 32.2. The van der Waals surface area contributed by atoms with E-state index in [-0.39, 0.29) is 11.1 Å². The molecule has 7 heteroatoms. The topological polar surface area (TPSA) is 67.2 Å². The Balaban J connectivity index is 1.18. The van der Waals surface area contributed by atoms with Crippen molar-refractivity contribution in [1.82, 2.24) is 19.2 Å². The maximum Gasteiger partial charge on any atom is 0.259 e. The van der Waals surface area contributed by atoms with Gasteiger partial charge in [-0.1, -0.05) is 48.5 Å². The van der Waals surface area contributed by atoms with E-state index in [1.54, 1.807) is 17.8 Å². The first kappa shape index (κ1) is 23.9. The summed E-state index contributed by atoms with van der Waals surface area (Å²) in [6.07, 6.45) is 9.60. The Morgan fingerprint density at radius 2 is 1.89 bits per heavy atom. The van der Waals surface area contributed by atoms with Crippen LogP contribution < -0.4 is 4.72 Å². The summed E-state index contributed by atoms with van der Waals surface area (Å²) in [7, 11) is -1.79. The molecular formula is C29H36N4O2S. The lowest BCUT2D eigenvalue weighted by atomic mass is 9.69. The van der Waals surface area contributed by atoms with Crippen LogP contribution in [0.25, 0.3) is 0 Å². The van der Waals surface area contributed by atoms with Gasteiger partial charge in [-0.25, -0.2) is 18.1 Å². The van der Waals surface area contributed by atoms with Gasteiger partial charge in [-0.15, -0.1) is 0 Å². The number of aromatic nitrogens is 2. The molecule has 1 saturated heterocycles. The Morgan fingerprint density at radius 3 is 2.58 bits per heavy atom. The molecule has 36 heavy (non-hydrogen) atoms. The summed E-state index contributed by atoms with van der Waals surface area (Å²) in [6.45, 7) is 3.71. The predicted octanol–water partition coefficient (Wildman–Crippen LogP) is 4.24. The highest BCUT2D eigenvalue weighted by Gasteiger charge is 2.36. The highest BCUT2D eigenvalue weighted by Crippen LogP contribution is 2.43. The number of benzene rings is 2. The Morgan fingerprint density at radius 1 is 1.08 bits per heavy atom. The minimum Gasteiger partial charge on any atom is -0.339 e. The van der Waals surface area contributed by atoms with Crippen LogP contribution in [0.4, 0.5) is 0 Å². The SMILES string of the molecule is Cn1cnc(S(=O)(=O)N[C@H]2C[C@@H](c3ccc4c(c3)[C@@H](Cc3ccccc3)[C@@H](CN3CCC3)CC4)C2)c1. The molecule has 3 aromatic rings. The van der Waals surface area contributed by atoms with Gasteiger partial charge in [0.25, 0.3) is 10.0 Å². The molecule has 2 fully saturated rings. The summed E-state index contributed by atoms with van der Waals surface area (Å²) in [6, 6.07) is 18.0. The lowest BCUT2D eigenvalue weighted by Gasteiger charge is -2.41. The van der Waals surface area contributed by atoms with E-state index >= 15 is 0 Å². The zero-order valence-corrected chi connectivity index (χ0v) is 21.8. The van der Waals surface area contributed by atoms with Gasteiger partial charge in [-0.05, 0) is 91.6 Å². The van der Waals surface area contributed by atoms with Gasteiger partial charge < -0.3 is 9.47 Å². The summed E-state index contributed by atoms with van der Waals surface area (Å²) in [5, 5.41) is 0.0965. The summed E-state index contributed by atoms with van der Waals surface area (Å²) >= 11 is 0. The molecule has 0 unspecified atom stereocenters. The van der Waals surface area contributed by atoms with Crippen molar-refractivity contribution >= 4 is 10.0 Å². The van der Waals surface area contributed by atoms with Gasteiger partial charge in [0.2, 0.25) is 0 Å². The van der Waals surface area contributed by atoms with Crippen molar-refractivity contribution in [2.24, 2.45) is 13.0 Å². The van der Waals surface area contributed by atoms with Crippen LogP contribution in [0.5, 0.6) is 0 Å². The number of nitrogens with one attached hydrogen (secondary N) is 1. The van der Waals surface area contributed by atoms with E-state index in [2.05, 4.69) is 63.1 Å². The molecular weight excluding hydrogens is 468 g/mol. The van der Waals surface area contributed by atoms with Crippen molar-refractivity contribution < 1.29 is 8.42 Å². The van der Waals surface area contributed by atoms with Gasteiger partial charge >= 0.3 is 0 Å². The molecule has 190 valence electrons. The van der Waals surface area contributed by atoms with Crippen molar-refractivity contribution in [1.29, 1.82) is 0 Å². The first-order chi connectivity index (χ1) is 17.4. The van der Waals surface area contributed by atoms with Crippen LogP contribution >= 0.6 is 0 Å². The monoisotopic (exact) mass is 504 g/mol. The minimum absolute atomic E-state index is 0.0303. The fraction of sp³-hybridized carbons (Fsp3) is 0.483. The maximum atomic E-state index is 12.7. The fourth-order valence-corrected chi connectivity index (χ4v) is 7.53. The third kappa shape index (κ3) is 4.89. The molecule has 0 spiro atoms. The molecule has 6 rings (SSSR count). The predicted molar refractivity (Wildman–Crippen MR) is 141 cm³/mol. The zero-order valence-electron chi connectivity index (χ0n) is 21.0. The van der Waals surface area contributed by atoms with E-state index in [1.165, 1.54) is 61.1 Å². The Hall–Kier alpha value is -2.48. The van der Waals surface area contributed by atoms with Gasteiger partial charge in [-0.2, -0.15) is 0 Å². The van der Waals surface area contributed by atoms with Crippen LogP contribution in [0.3, 0.4) is 0 Å². The molecule has 1 aromatic heterocycles. The van der Waals surface area contributed by atoms with Crippen molar-refractivity contribution in [3.8, 4) is 0 Å². The number of fused-ring (bicyclic) bond motifs is 1. The van der Waals surface area contributed by atoms with E-state index in [0.29, 0.717) is 17.8 Å². The van der Waals surface area contributed by atoms with E-state index in [1.807, 2.05) is 0 Å². The largest absolute Gasteiger partial charge is 0.339 e. The molecule has 1 saturated carbocycles. The average Bonchev–Trinajstić information content (AvgIpc) is 3.27. The van der Waals surface area contributed by atoms with Gasteiger partial charge in [0.15, 0.2) is 5.03 Å². The van der Waals surface area contributed by atoms with Gasteiger partial charge in [0.1, 0.15) is 0 Å². The number of likely N-dealkylation sites (tertiary alicyclic amines) is 1. The third-order valence-corrected chi connectivity index (χ3v) is 9.96. The quantitative estimate of drug-likeness (QED) is 0.498. The molecule has 6 nitrogen and oxygen atoms in total. The second-order valence-corrected chi connectivity index (χ2v) is 12.7. The van der Waals surface area contributed by atoms with Crippen LogP contribution in [0.1, 0.15) is 59.8 Å². The molecule has 2 heterocycles. The van der Waals surface area contributed by atoms with E-state index in [0.717, 1.165) is 25.7 Å². The molecule has 2 aliphatic carbocycles. The van der Waals surface area contributed by atoms with Crippen LogP contribution in [0.2, 0.25) is 0 Å². The second kappa shape index (κ2) is 9.77. The molecule has 2 aromatic carbocycles. The lowest BCUT2D eigenvalue weighted by molar-refractivity contribution is 0.134. The molecule has 0 amide bonds. The first-order valence-corrected chi connectivity index (χ1v) is 14.8. The fourth-order valence-electron chi connectivity index (χ4n) is 6.29. The normalized spacial score (nSPS) is 26.1. The summed E-state index contributed by atoms with van der Waals surface area (Å²) in [5.41, 5.74) is 5.82. The number of rotatable bonds is 8. The first-order valence-electron chi connectivity index (χ1n) is 13.3. The number of nitrogens with zero attached hydrogens (tertiary/aromatic N) is 3. The van der Waals surface area contributed by atoms with Crippen LogP contribution in [0.15, 0.2) is 66.1 Å². The number of hydrogen-bond acceptors (Lipinski definition) is 4. The summed E-state index contributed by atoms with van der Waals surface area (Å²) in [4.78, 5) is 6.64. The number of sulfonamides is 1. The van der Waals surface area contributed by atoms with Crippen molar-refractivity contribution in [3.05, 3.63) is 83.3 Å². The number of hydrogen-bond donors (Lipinski definition) is 1. The van der Waals surface area contributed by atoms with E-state index < -0.39 is 10.0 Å². The highest BCUT2D eigenvalue weighted by molar-refractivity contribution is 7.89. The Labute approximate surface area is 214 Å². The third-order valence-electron chi connectivity index (χ3n) is 8.55. The standard InChI is InChI=1S/C29H36N4O2S/c1-32-19-29(30-20-32)36(34,35)31-26-15-25(16-26)23-10-8-22-9-11-24(18-33-12-5-13-33)27(28(22)17-23)14-21-6-3-2-4-7-21/h2-4,6-8,10,17,19-20,24-27,31H,5,9,11-16,18H2,1H3/t24-,25-,26+,27+/m1/s1. The molecule has 2 atom stereocenters. The van der Waals surface area contributed by atoms with Gasteiger partial charge in [0, 0.05) is 25.8 Å². The molecule has 0 radical (unpaired) electrons. The van der Waals surface area contributed by atoms with Crippen molar-refractivity contribution in [2.45, 2.75) is 61.4 Å². The van der Waals surface area contributed by atoms with Crippen LogP contribution in [-0.4, -0.2) is 48.5 Å². The second-order valence-electron chi connectivity index (χ2n) is 11.1. The zero-order chi connectivity index (χ0) is 24.7. The maximum absolute atomic E-state index is 12.7. The molecule has 0 bridgehead atoms. The Kier molecular flexibility index (Phi) is 6.48. The lowest BCUT2D eigenvalue weighted by Crippen LogP contribution is -2.43. The molecule has 1 aliphatic heterocycles. The van der Waals surface area contributed by atoms with Gasteiger partial charge in [0.05, 0.1) is 6.33 Å². The molecule has 3 aliphatic rings. The molecule has 1 N–H and O–H groups in total. The summed E-state index contributed by atoms with van der Waals surface area (Å²) in [5.74, 6) is 1.63. The average molecular weight is 505 g/mol. The van der Waals surface area contributed by atoms with Crippen LogP contribution in [-0.2, 0) is 29.9 Å². The van der Waals surface area contributed by atoms with Gasteiger partial charge in [-0.3, -0.25) is 0 Å². The Bertz CT molecular complexity index is 1310. The van der Waals surface area contributed by atoms with Crippen molar-refractivity contribution in [3.63, 3.8) is 0 Å². The summed E-state index contributed by atoms with van der Waals surface area (Å²) < 4.78 is 29.8. The van der Waals surface area contributed by atoms with E-state index in [9.17, 15) is 8.42 Å². The minimum atomic E-state index is -3.57. The van der Waals surface area contributed by atoms with E-state index in [4.69, 9.17) is 0 Å². The number of aryl methyl sites for hydroxylation is 2. The van der Waals surface area contributed by atoms with Crippen molar-refractivity contribution in [2.75, 3.05) is 19.6 Å². The number of imidazole rings is 1.